The van der Waals surface area contributed by atoms with Crippen LogP contribution >= 0.6 is 11.6 Å². The first-order chi connectivity index (χ1) is 17.3. The number of rotatable bonds is 8. The molecule has 0 bridgehead atoms. The van der Waals surface area contributed by atoms with Crippen LogP contribution in [0.25, 0.3) is 0 Å². The molecule has 1 N–H and O–H groups in total. The van der Waals surface area contributed by atoms with E-state index in [1.165, 1.54) is 12.1 Å². The monoisotopic (exact) mass is 505 g/mol. The number of nitrogens with zero attached hydrogens (tertiary/aromatic N) is 1. The van der Waals surface area contributed by atoms with E-state index in [1.54, 1.807) is 13.0 Å². The first-order valence-corrected chi connectivity index (χ1v) is 12.4. The van der Waals surface area contributed by atoms with Crippen LogP contribution in [0.4, 0.5) is 14.5 Å². The first kappa shape index (κ1) is 25.7. The third-order valence-electron chi connectivity index (χ3n) is 6.51. The van der Waals surface area contributed by atoms with Crippen molar-refractivity contribution in [1.29, 1.82) is 0 Å². The summed E-state index contributed by atoms with van der Waals surface area (Å²) in [6.45, 7) is 6.34. The Labute approximate surface area is 216 Å². The molecule has 0 spiro atoms. The van der Waals surface area contributed by atoms with Gasteiger partial charge in [0.05, 0.1) is 5.69 Å². The summed E-state index contributed by atoms with van der Waals surface area (Å²) in [5.74, 6) is -1.11. The van der Waals surface area contributed by atoms with E-state index in [1.807, 2.05) is 79.4 Å². The maximum atomic E-state index is 15.9. The summed E-state index contributed by atoms with van der Waals surface area (Å²) in [5.41, 5.74) is 4.08. The van der Waals surface area contributed by atoms with E-state index in [2.05, 4.69) is 0 Å². The van der Waals surface area contributed by atoms with Crippen molar-refractivity contribution in [3.05, 3.63) is 129 Å². The minimum atomic E-state index is -0.472. The lowest BCUT2D eigenvalue weighted by atomic mass is 9.93. The molecule has 4 aromatic carbocycles. The van der Waals surface area contributed by atoms with Gasteiger partial charge in [-0.2, -0.15) is 0 Å². The lowest BCUT2D eigenvalue weighted by molar-refractivity contribution is 0.452. The Kier molecular flexibility index (Phi) is 7.95. The Bertz CT molecular complexity index is 1300. The second-order valence-corrected chi connectivity index (χ2v) is 9.83. The third kappa shape index (κ3) is 5.55. The summed E-state index contributed by atoms with van der Waals surface area (Å²) in [6, 6.07) is 24.5. The molecule has 0 saturated carbocycles. The first-order valence-electron chi connectivity index (χ1n) is 12.1. The number of benzene rings is 4. The average Bonchev–Trinajstić information content (AvgIpc) is 2.86. The molecule has 0 aliphatic heterocycles. The van der Waals surface area contributed by atoms with Crippen molar-refractivity contribution in [2.75, 3.05) is 4.90 Å². The summed E-state index contributed by atoms with van der Waals surface area (Å²) in [4.78, 5) is 1.97. The highest BCUT2D eigenvalue weighted by Crippen LogP contribution is 2.36. The van der Waals surface area contributed by atoms with E-state index in [0.717, 1.165) is 11.1 Å². The van der Waals surface area contributed by atoms with Crippen LogP contribution in [0.3, 0.4) is 0 Å². The van der Waals surface area contributed by atoms with Gasteiger partial charge in [0.25, 0.3) is 0 Å². The Hall–Kier alpha value is -3.37. The summed E-state index contributed by atoms with van der Waals surface area (Å²) in [6.07, 6.45) is 0.130. The highest BCUT2D eigenvalue weighted by Gasteiger charge is 2.22. The molecule has 0 atom stereocenters. The molecular formula is C31H30ClF2NO. The fourth-order valence-electron chi connectivity index (χ4n) is 4.56. The molecule has 0 aliphatic carbocycles. The molecule has 186 valence electrons. The molecule has 0 saturated heterocycles. The molecule has 0 fully saturated rings. The summed E-state index contributed by atoms with van der Waals surface area (Å²) in [7, 11) is 0. The molecule has 4 aromatic rings. The van der Waals surface area contributed by atoms with Crippen LogP contribution in [-0.2, 0) is 19.5 Å². The largest absolute Gasteiger partial charge is 0.508 e. The summed E-state index contributed by atoms with van der Waals surface area (Å²) in [5, 5.41) is 10.5. The maximum Gasteiger partial charge on any atom is 0.149 e. The van der Waals surface area contributed by atoms with Gasteiger partial charge in [0.1, 0.15) is 17.4 Å². The van der Waals surface area contributed by atoms with E-state index in [0.29, 0.717) is 40.5 Å². The molecule has 4 rings (SSSR count). The molecule has 0 aromatic heterocycles. The predicted octanol–water partition coefficient (Wildman–Crippen LogP) is 8.55. The molecule has 0 aliphatic rings. The van der Waals surface area contributed by atoms with E-state index < -0.39 is 5.82 Å². The fourth-order valence-corrected chi connectivity index (χ4v) is 4.87. The summed E-state index contributed by atoms with van der Waals surface area (Å²) >= 11 is 6.73. The number of phenolic OH excluding ortho intramolecular Hbond substituents is 1. The van der Waals surface area contributed by atoms with E-state index in [4.69, 9.17) is 11.6 Å². The van der Waals surface area contributed by atoms with E-state index >= 15 is 8.78 Å². The SMILES string of the molecule is Cc1c(F)c(N(Cc2ccccc2)Cc2ccccc2)cc(Cl)c1Cc1ccc(O)c(C(C)C)c1F. The lowest BCUT2D eigenvalue weighted by Gasteiger charge is -2.27. The van der Waals surface area contributed by atoms with Gasteiger partial charge in [0, 0.05) is 30.1 Å². The van der Waals surface area contributed by atoms with Crippen molar-refractivity contribution in [1.82, 2.24) is 0 Å². The van der Waals surface area contributed by atoms with Crippen LogP contribution in [-0.4, -0.2) is 5.11 Å². The Balaban J connectivity index is 1.73. The molecule has 0 heterocycles. The summed E-state index contributed by atoms with van der Waals surface area (Å²) < 4.78 is 31.2. The number of halogens is 3. The van der Waals surface area contributed by atoms with E-state index in [-0.39, 0.29) is 29.5 Å². The van der Waals surface area contributed by atoms with Gasteiger partial charge in [0.15, 0.2) is 0 Å². The van der Waals surface area contributed by atoms with Gasteiger partial charge in [-0.15, -0.1) is 0 Å². The zero-order valence-corrected chi connectivity index (χ0v) is 21.5. The third-order valence-corrected chi connectivity index (χ3v) is 6.85. The van der Waals surface area contributed by atoms with Gasteiger partial charge < -0.3 is 10.0 Å². The molecule has 2 nitrogen and oxygen atoms in total. The molecule has 5 heteroatoms. The second kappa shape index (κ2) is 11.1. The van der Waals surface area contributed by atoms with Crippen molar-refractivity contribution in [3.63, 3.8) is 0 Å². The number of phenols is 1. The smallest absolute Gasteiger partial charge is 0.149 e. The molecule has 36 heavy (non-hydrogen) atoms. The fraction of sp³-hybridized carbons (Fsp3) is 0.226. The Morgan fingerprint density at radius 2 is 1.39 bits per heavy atom. The zero-order valence-electron chi connectivity index (χ0n) is 20.7. The van der Waals surface area contributed by atoms with Gasteiger partial charge in [0.2, 0.25) is 0 Å². The van der Waals surface area contributed by atoms with Crippen molar-refractivity contribution in [2.45, 2.75) is 46.2 Å². The number of hydrogen-bond acceptors (Lipinski definition) is 2. The molecule has 0 amide bonds. The standard InChI is InChI=1S/C31H30ClF2NO/c1-20(2)29-28(36)15-14-24(31(29)34)16-25-21(3)30(33)27(17-26(25)32)35(18-22-10-6-4-7-11-22)19-23-12-8-5-9-13-23/h4-15,17,20,36H,16,18-19H2,1-3H3. The highest BCUT2D eigenvalue weighted by molar-refractivity contribution is 6.31. The molecule has 0 radical (unpaired) electrons. The van der Waals surface area contributed by atoms with Gasteiger partial charge in [-0.25, -0.2) is 8.78 Å². The van der Waals surface area contributed by atoms with Gasteiger partial charge in [-0.05, 0) is 52.8 Å². The minimum absolute atomic E-state index is 0.0759. The Morgan fingerprint density at radius 1 is 0.833 bits per heavy atom. The van der Waals surface area contributed by atoms with Crippen molar-refractivity contribution >= 4 is 17.3 Å². The molecule has 0 unspecified atom stereocenters. The normalized spacial score (nSPS) is 11.2. The van der Waals surface area contributed by atoms with Crippen molar-refractivity contribution < 1.29 is 13.9 Å². The number of hydrogen-bond donors (Lipinski definition) is 1. The van der Waals surface area contributed by atoms with Gasteiger partial charge >= 0.3 is 0 Å². The van der Waals surface area contributed by atoms with E-state index in [9.17, 15) is 5.11 Å². The van der Waals surface area contributed by atoms with Crippen LogP contribution in [0.15, 0.2) is 78.9 Å². The number of aromatic hydroxyl groups is 1. The zero-order chi connectivity index (χ0) is 25.8. The quantitative estimate of drug-likeness (QED) is 0.259. The maximum absolute atomic E-state index is 15.9. The highest BCUT2D eigenvalue weighted by atomic mass is 35.5. The Morgan fingerprint density at radius 3 is 1.92 bits per heavy atom. The van der Waals surface area contributed by atoms with Gasteiger partial charge in [-0.3, -0.25) is 0 Å². The number of anilines is 1. The predicted molar refractivity (Wildman–Crippen MR) is 144 cm³/mol. The van der Waals surface area contributed by atoms with Crippen LogP contribution in [0.1, 0.15) is 53.1 Å². The lowest BCUT2D eigenvalue weighted by Crippen LogP contribution is -2.24. The molecular weight excluding hydrogens is 476 g/mol. The van der Waals surface area contributed by atoms with Crippen LogP contribution < -0.4 is 4.90 Å². The average molecular weight is 506 g/mol. The van der Waals surface area contributed by atoms with Crippen LogP contribution in [0.5, 0.6) is 5.75 Å². The van der Waals surface area contributed by atoms with Crippen LogP contribution in [0.2, 0.25) is 5.02 Å². The topological polar surface area (TPSA) is 23.5 Å². The second-order valence-electron chi connectivity index (χ2n) is 9.43. The van der Waals surface area contributed by atoms with Gasteiger partial charge in [-0.1, -0.05) is 92.2 Å². The minimum Gasteiger partial charge on any atom is -0.508 e. The van der Waals surface area contributed by atoms with Crippen LogP contribution in [0, 0.1) is 18.6 Å². The van der Waals surface area contributed by atoms with Crippen molar-refractivity contribution in [2.24, 2.45) is 0 Å². The van der Waals surface area contributed by atoms with Crippen molar-refractivity contribution in [3.8, 4) is 5.75 Å².